The van der Waals surface area contributed by atoms with Gasteiger partial charge in [-0.1, -0.05) is 22.9 Å². The Labute approximate surface area is 110 Å². The van der Waals surface area contributed by atoms with Crippen molar-refractivity contribution in [3.63, 3.8) is 0 Å². The number of aryl methyl sites for hydroxylation is 1. The lowest BCUT2D eigenvalue weighted by Gasteiger charge is -2.10. The van der Waals surface area contributed by atoms with E-state index < -0.39 is 0 Å². The number of nitrogens with zero attached hydrogens (tertiary/aromatic N) is 2. The van der Waals surface area contributed by atoms with Crippen molar-refractivity contribution in [3.8, 4) is 5.75 Å². The summed E-state index contributed by atoms with van der Waals surface area (Å²) >= 11 is 3.56. The minimum absolute atomic E-state index is 0.807. The fraction of sp³-hybridized carbons (Fsp3) is 0.308. The second kappa shape index (κ2) is 5.36. The number of hydrogen-bond acceptors (Lipinski definition) is 2. The molecule has 0 aliphatic heterocycles. The van der Waals surface area contributed by atoms with Crippen molar-refractivity contribution >= 4 is 15.9 Å². The quantitative estimate of drug-likeness (QED) is 0.865. The third-order valence-corrected chi connectivity index (χ3v) is 3.49. The number of methoxy groups -OCH3 is 1. The molecule has 1 aromatic carbocycles. The van der Waals surface area contributed by atoms with Gasteiger partial charge in [-0.15, -0.1) is 0 Å². The summed E-state index contributed by atoms with van der Waals surface area (Å²) in [6.07, 6.45) is 4.78. The first-order valence-electron chi connectivity index (χ1n) is 5.57. The lowest BCUT2D eigenvalue weighted by Crippen LogP contribution is -2.04. The lowest BCUT2D eigenvalue weighted by atomic mass is 10.2. The van der Waals surface area contributed by atoms with Crippen LogP contribution in [0, 0.1) is 0 Å². The van der Waals surface area contributed by atoms with Crippen molar-refractivity contribution in [2.24, 2.45) is 0 Å². The molecular weight excluding hydrogens is 280 g/mol. The highest BCUT2D eigenvalue weighted by Crippen LogP contribution is 2.23. The first-order valence-corrected chi connectivity index (χ1v) is 6.36. The zero-order valence-corrected chi connectivity index (χ0v) is 11.6. The maximum Gasteiger partial charge on any atom is 0.119 e. The summed E-state index contributed by atoms with van der Waals surface area (Å²) in [5, 5.41) is 0. The molecule has 2 aromatic rings. The van der Waals surface area contributed by atoms with E-state index >= 15 is 0 Å². The Balaban J connectivity index is 2.29. The highest BCUT2D eigenvalue weighted by molar-refractivity contribution is 9.10. The zero-order valence-electron chi connectivity index (χ0n) is 9.98. The molecule has 0 saturated carbocycles. The van der Waals surface area contributed by atoms with E-state index in [1.165, 1.54) is 5.56 Å². The Kier molecular flexibility index (Phi) is 3.84. The molecule has 4 heteroatoms. The van der Waals surface area contributed by atoms with E-state index in [9.17, 15) is 0 Å². The summed E-state index contributed by atoms with van der Waals surface area (Å²) in [7, 11) is 1.68. The first kappa shape index (κ1) is 12.2. The van der Waals surface area contributed by atoms with Gasteiger partial charge in [0.15, 0.2) is 0 Å². The Morgan fingerprint density at radius 3 is 2.94 bits per heavy atom. The monoisotopic (exact) mass is 294 g/mol. The second-order valence-electron chi connectivity index (χ2n) is 3.78. The van der Waals surface area contributed by atoms with E-state index in [-0.39, 0.29) is 0 Å². The smallest absolute Gasteiger partial charge is 0.119 e. The molecule has 0 bridgehead atoms. The molecule has 0 N–H and O–H groups in total. The largest absolute Gasteiger partial charge is 0.497 e. The maximum atomic E-state index is 5.24. The normalized spacial score (nSPS) is 10.5. The van der Waals surface area contributed by atoms with Crippen molar-refractivity contribution in [1.29, 1.82) is 0 Å². The van der Waals surface area contributed by atoms with Crippen molar-refractivity contribution in [2.75, 3.05) is 7.11 Å². The fourth-order valence-electron chi connectivity index (χ4n) is 1.78. The number of aromatic nitrogens is 2. The van der Waals surface area contributed by atoms with Crippen LogP contribution in [0.2, 0.25) is 0 Å². The summed E-state index contributed by atoms with van der Waals surface area (Å²) < 4.78 is 8.48. The molecule has 17 heavy (non-hydrogen) atoms. The van der Waals surface area contributed by atoms with Crippen LogP contribution in [0.1, 0.15) is 18.3 Å². The first-order chi connectivity index (χ1) is 8.24. The van der Waals surface area contributed by atoms with Gasteiger partial charge in [0.25, 0.3) is 0 Å². The molecule has 90 valence electrons. The number of benzene rings is 1. The van der Waals surface area contributed by atoms with E-state index in [0.717, 1.165) is 29.0 Å². The predicted molar refractivity (Wildman–Crippen MR) is 71.4 cm³/mol. The van der Waals surface area contributed by atoms with Gasteiger partial charge in [-0.25, -0.2) is 4.98 Å². The highest BCUT2D eigenvalue weighted by atomic mass is 79.9. The standard InChI is InChI=1S/C13H15BrN2O/c1-3-13-15-6-7-16(13)9-10-8-11(17-2)4-5-12(10)14/h4-8H,3,9H2,1-2H3. The van der Waals surface area contributed by atoms with Crippen LogP contribution in [0.5, 0.6) is 5.75 Å². The number of ether oxygens (including phenoxy) is 1. The van der Waals surface area contributed by atoms with Gasteiger partial charge in [-0.2, -0.15) is 0 Å². The molecule has 2 rings (SSSR count). The van der Waals surface area contributed by atoms with Crippen LogP contribution in [0.4, 0.5) is 0 Å². The van der Waals surface area contributed by atoms with Gasteiger partial charge < -0.3 is 9.30 Å². The summed E-state index contributed by atoms with van der Waals surface area (Å²) in [4.78, 5) is 4.32. The van der Waals surface area contributed by atoms with Crippen LogP contribution in [-0.4, -0.2) is 16.7 Å². The molecule has 0 unspecified atom stereocenters. The van der Waals surface area contributed by atoms with Gasteiger partial charge >= 0.3 is 0 Å². The Morgan fingerprint density at radius 1 is 1.41 bits per heavy atom. The predicted octanol–water partition coefficient (Wildman–Crippen LogP) is 3.26. The average Bonchev–Trinajstić information content (AvgIpc) is 2.79. The summed E-state index contributed by atoms with van der Waals surface area (Å²) in [6, 6.07) is 6.00. The summed E-state index contributed by atoms with van der Waals surface area (Å²) in [6.45, 7) is 2.92. The van der Waals surface area contributed by atoms with Gasteiger partial charge in [0, 0.05) is 29.8 Å². The third kappa shape index (κ3) is 2.69. The number of rotatable bonds is 4. The Bertz CT molecular complexity index is 508. The number of halogens is 1. The Morgan fingerprint density at radius 2 is 2.24 bits per heavy atom. The van der Waals surface area contributed by atoms with Gasteiger partial charge in [-0.3, -0.25) is 0 Å². The van der Waals surface area contributed by atoms with Gasteiger partial charge in [0.2, 0.25) is 0 Å². The van der Waals surface area contributed by atoms with E-state index in [1.54, 1.807) is 7.11 Å². The van der Waals surface area contributed by atoms with E-state index in [4.69, 9.17) is 4.74 Å². The van der Waals surface area contributed by atoms with Crippen molar-refractivity contribution in [1.82, 2.24) is 9.55 Å². The Hall–Kier alpha value is -1.29. The van der Waals surface area contributed by atoms with Crippen LogP contribution in [0.25, 0.3) is 0 Å². The van der Waals surface area contributed by atoms with Crippen LogP contribution >= 0.6 is 15.9 Å². The summed E-state index contributed by atoms with van der Waals surface area (Å²) in [5.41, 5.74) is 1.19. The lowest BCUT2D eigenvalue weighted by molar-refractivity contribution is 0.414. The fourth-order valence-corrected chi connectivity index (χ4v) is 2.15. The molecule has 0 atom stereocenters. The average molecular weight is 295 g/mol. The molecule has 0 radical (unpaired) electrons. The summed E-state index contributed by atoms with van der Waals surface area (Å²) in [5.74, 6) is 1.97. The molecule has 0 saturated heterocycles. The SMILES string of the molecule is CCc1nccn1Cc1cc(OC)ccc1Br. The minimum atomic E-state index is 0.807. The molecule has 0 spiro atoms. The molecular formula is C13H15BrN2O. The number of hydrogen-bond donors (Lipinski definition) is 0. The minimum Gasteiger partial charge on any atom is -0.497 e. The molecule has 3 nitrogen and oxygen atoms in total. The molecule has 0 amide bonds. The van der Waals surface area contributed by atoms with E-state index in [0.29, 0.717) is 0 Å². The zero-order chi connectivity index (χ0) is 12.3. The van der Waals surface area contributed by atoms with E-state index in [2.05, 4.69) is 32.4 Å². The van der Waals surface area contributed by atoms with Crippen molar-refractivity contribution in [3.05, 3.63) is 46.5 Å². The second-order valence-corrected chi connectivity index (χ2v) is 4.64. The van der Waals surface area contributed by atoms with Crippen LogP contribution in [-0.2, 0) is 13.0 Å². The van der Waals surface area contributed by atoms with Gasteiger partial charge in [0.1, 0.15) is 11.6 Å². The topological polar surface area (TPSA) is 27.1 Å². The van der Waals surface area contributed by atoms with Gasteiger partial charge in [-0.05, 0) is 23.8 Å². The number of imidazole rings is 1. The molecule has 0 aliphatic carbocycles. The van der Waals surface area contributed by atoms with E-state index in [1.807, 2.05) is 30.6 Å². The maximum absolute atomic E-state index is 5.24. The van der Waals surface area contributed by atoms with Crippen LogP contribution in [0.15, 0.2) is 35.1 Å². The van der Waals surface area contributed by atoms with Crippen LogP contribution < -0.4 is 4.74 Å². The molecule has 1 heterocycles. The van der Waals surface area contributed by atoms with Gasteiger partial charge in [0.05, 0.1) is 7.11 Å². The molecule has 1 aromatic heterocycles. The third-order valence-electron chi connectivity index (χ3n) is 2.71. The highest BCUT2D eigenvalue weighted by Gasteiger charge is 2.06. The van der Waals surface area contributed by atoms with Crippen molar-refractivity contribution in [2.45, 2.75) is 19.9 Å². The molecule has 0 fully saturated rings. The molecule has 0 aliphatic rings. The van der Waals surface area contributed by atoms with Crippen molar-refractivity contribution < 1.29 is 4.74 Å². The van der Waals surface area contributed by atoms with Crippen LogP contribution in [0.3, 0.4) is 0 Å².